The highest BCUT2D eigenvalue weighted by Crippen LogP contribution is 2.35. The van der Waals surface area contributed by atoms with Crippen LogP contribution in [0.2, 0.25) is 0 Å². The minimum Gasteiger partial charge on any atom is -0.497 e. The Morgan fingerprint density at radius 1 is 1.07 bits per heavy atom. The molecule has 30 heavy (non-hydrogen) atoms. The topological polar surface area (TPSA) is 48.9 Å². The van der Waals surface area contributed by atoms with Crippen molar-refractivity contribution >= 4 is 38.3 Å². The molecule has 0 unspecified atom stereocenters. The van der Waals surface area contributed by atoms with Gasteiger partial charge in [-0.25, -0.2) is 4.98 Å². The third kappa shape index (κ3) is 3.58. The Morgan fingerprint density at radius 3 is 2.60 bits per heavy atom. The lowest BCUT2D eigenvalue weighted by atomic mass is 9.99. The molecule has 0 spiro atoms. The first-order chi connectivity index (χ1) is 14.6. The maximum Gasteiger partial charge on any atom is 0.229 e. The van der Waals surface area contributed by atoms with E-state index in [1.165, 1.54) is 11.3 Å². The van der Waals surface area contributed by atoms with Crippen LogP contribution in [0.25, 0.3) is 10.2 Å². The molecule has 0 radical (unpaired) electrons. The molecule has 0 aliphatic carbocycles. The van der Waals surface area contributed by atoms with E-state index in [0.29, 0.717) is 0 Å². The minimum absolute atomic E-state index is 0.0806. The van der Waals surface area contributed by atoms with Crippen LogP contribution in [0.3, 0.4) is 0 Å². The van der Waals surface area contributed by atoms with E-state index in [4.69, 9.17) is 9.72 Å². The molecule has 0 atom stereocenters. The molecular formula is C23H26N4O2S. The molecule has 3 heterocycles. The Morgan fingerprint density at radius 2 is 1.87 bits per heavy atom. The van der Waals surface area contributed by atoms with Crippen molar-refractivity contribution in [3.8, 4) is 5.75 Å². The molecule has 0 saturated carbocycles. The van der Waals surface area contributed by atoms with Gasteiger partial charge in [0.15, 0.2) is 5.13 Å². The van der Waals surface area contributed by atoms with Gasteiger partial charge in [-0.2, -0.15) is 0 Å². The average molecular weight is 423 g/mol. The van der Waals surface area contributed by atoms with Crippen molar-refractivity contribution in [3.63, 3.8) is 0 Å². The van der Waals surface area contributed by atoms with Gasteiger partial charge in [0.1, 0.15) is 5.75 Å². The van der Waals surface area contributed by atoms with Gasteiger partial charge in [-0.15, -0.1) is 0 Å². The Hall–Kier alpha value is -2.80. The average Bonchev–Trinajstić information content (AvgIpc) is 3.15. The van der Waals surface area contributed by atoms with Gasteiger partial charge in [-0.05, 0) is 42.8 Å². The minimum atomic E-state index is 0.0806. The summed E-state index contributed by atoms with van der Waals surface area (Å²) < 4.78 is 6.42. The van der Waals surface area contributed by atoms with Crippen molar-refractivity contribution in [1.29, 1.82) is 0 Å². The van der Waals surface area contributed by atoms with Crippen LogP contribution in [0.1, 0.15) is 5.56 Å². The lowest BCUT2D eigenvalue weighted by Crippen LogP contribution is -2.58. The largest absolute Gasteiger partial charge is 0.497 e. The smallest absolute Gasteiger partial charge is 0.229 e. The van der Waals surface area contributed by atoms with Crippen molar-refractivity contribution < 1.29 is 9.53 Å². The van der Waals surface area contributed by atoms with Gasteiger partial charge < -0.3 is 19.4 Å². The molecule has 7 heteroatoms. The number of rotatable bonds is 4. The van der Waals surface area contributed by atoms with E-state index in [9.17, 15) is 4.79 Å². The van der Waals surface area contributed by atoms with Gasteiger partial charge in [0.05, 0.1) is 23.2 Å². The van der Waals surface area contributed by atoms with Gasteiger partial charge in [-0.1, -0.05) is 23.5 Å². The van der Waals surface area contributed by atoms with Gasteiger partial charge in [-0.3, -0.25) is 4.79 Å². The summed E-state index contributed by atoms with van der Waals surface area (Å²) in [6, 6.07) is 14.5. The van der Waals surface area contributed by atoms with Crippen LogP contribution in [0.5, 0.6) is 5.75 Å². The number of carbonyl (C=O) groups excluding carboxylic acids is 1. The van der Waals surface area contributed by atoms with E-state index >= 15 is 0 Å². The number of amides is 1. The fourth-order valence-electron chi connectivity index (χ4n) is 4.21. The normalized spacial score (nSPS) is 17.3. The zero-order valence-corrected chi connectivity index (χ0v) is 18.2. The van der Waals surface area contributed by atoms with Crippen LogP contribution in [0.4, 0.5) is 10.8 Å². The number of piperazine rings is 1. The van der Waals surface area contributed by atoms with Crippen molar-refractivity contribution in [2.75, 3.05) is 56.2 Å². The van der Waals surface area contributed by atoms with E-state index in [0.717, 1.165) is 60.4 Å². The van der Waals surface area contributed by atoms with Gasteiger partial charge in [0, 0.05) is 45.0 Å². The third-order valence-electron chi connectivity index (χ3n) is 6.04. The second kappa shape index (κ2) is 7.80. The number of hydrogen-bond acceptors (Lipinski definition) is 6. The van der Waals surface area contributed by atoms with Gasteiger partial charge in [0.2, 0.25) is 5.91 Å². The van der Waals surface area contributed by atoms with Crippen molar-refractivity contribution in [1.82, 2.24) is 9.88 Å². The highest BCUT2D eigenvalue weighted by molar-refractivity contribution is 7.22. The summed E-state index contributed by atoms with van der Waals surface area (Å²) in [5, 5.41) is 0.992. The highest BCUT2D eigenvalue weighted by Gasteiger charge is 2.37. The van der Waals surface area contributed by atoms with Gasteiger partial charge in [0.25, 0.3) is 0 Å². The molecule has 0 bridgehead atoms. The van der Waals surface area contributed by atoms with E-state index in [2.05, 4.69) is 41.0 Å². The summed E-state index contributed by atoms with van der Waals surface area (Å²) in [4.78, 5) is 24.3. The van der Waals surface area contributed by atoms with Crippen LogP contribution in [-0.2, 0) is 4.79 Å². The highest BCUT2D eigenvalue weighted by atomic mass is 32.1. The molecule has 156 valence electrons. The first kappa shape index (κ1) is 19.2. The molecule has 6 nitrogen and oxygen atoms in total. The molecule has 2 fully saturated rings. The Labute approximate surface area is 180 Å². The predicted octanol–water partition coefficient (Wildman–Crippen LogP) is 3.40. The first-order valence-electron chi connectivity index (χ1n) is 10.4. The molecule has 2 aliphatic heterocycles. The number of hydrogen-bond donors (Lipinski definition) is 0. The lowest BCUT2D eigenvalue weighted by molar-refractivity contribution is -0.136. The molecule has 1 amide bonds. The first-order valence-corrected chi connectivity index (χ1v) is 11.2. The van der Waals surface area contributed by atoms with Crippen LogP contribution in [0.15, 0.2) is 42.5 Å². The molecule has 2 saturated heterocycles. The Balaban J connectivity index is 1.16. The van der Waals surface area contributed by atoms with Gasteiger partial charge >= 0.3 is 0 Å². The van der Waals surface area contributed by atoms with E-state index in [1.54, 1.807) is 18.4 Å². The fraction of sp³-hybridized carbons (Fsp3) is 0.391. The number of thiazole rings is 1. The Bertz CT molecular complexity index is 1070. The monoisotopic (exact) mass is 422 g/mol. The lowest BCUT2D eigenvalue weighted by Gasteiger charge is -2.43. The van der Waals surface area contributed by atoms with E-state index in [-0.39, 0.29) is 11.8 Å². The number of benzene rings is 2. The van der Waals surface area contributed by atoms with E-state index < -0.39 is 0 Å². The fourth-order valence-corrected chi connectivity index (χ4v) is 5.23. The predicted molar refractivity (Wildman–Crippen MR) is 122 cm³/mol. The second-order valence-corrected chi connectivity index (χ2v) is 9.09. The molecule has 2 aliphatic rings. The van der Waals surface area contributed by atoms with Crippen LogP contribution in [-0.4, -0.2) is 62.2 Å². The second-order valence-electron chi connectivity index (χ2n) is 8.08. The van der Waals surface area contributed by atoms with Crippen LogP contribution >= 0.6 is 11.3 Å². The number of aromatic nitrogens is 1. The van der Waals surface area contributed by atoms with Crippen molar-refractivity contribution in [2.24, 2.45) is 5.92 Å². The van der Waals surface area contributed by atoms with Crippen molar-refractivity contribution in [3.05, 3.63) is 48.0 Å². The third-order valence-corrected chi connectivity index (χ3v) is 7.12. The van der Waals surface area contributed by atoms with Crippen LogP contribution < -0.4 is 14.5 Å². The molecule has 3 aromatic rings. The zero-order valence-electron chi connectivity index (χ0n) is 17.4. The summed E-state index contributed by atoms with van der Waals surface area (Å²) in [6.07, 6.45) is 0. The van der Waals surface area contributed by atoms with Crippen molar-refractivity contribution in [2.45, 2.75) is 6.92 Å². The molecule has 0 N–H and O–H groups in total. The summed E-state index contributed by atoms with van der Waals surface area (Å²) >= 11 is 1.66. The zero-order chi connectivity index (χ0) is 20.7. The van der Waals surface area contributed by atoms with E-state index in [1.807, 2.05) is 23.1 Å². The standard InChI is InChI=1S/C23H26N4O2S/c1-16-4-3-5-18(12-16)25-8-10-26(11-9-25)22(28)17-14-27(15-17)23-24-20-7-6-19(29-2)13-21(20)30-23/h3-7,12-13,17H,8-11,14-15H2,1-2H3. The maximum absolute atomic E-state index is 13.0. The summed E-state index contributed by atoms with van der Waals surface area (Å²) in [5.74, 6) is 1.22. The molecule has 1 aromatic heterocycles. The SMILES string of the molecule is COc1ccc2nc(N3CC(C(=O)N4CCN(c5cccc(C)c5)CC4)C3)sc2c1. The summed E-state index contributed by atoms with van der Waals surface area (Å²) in [7, 11) is 1.68. The number of anilines is 2. The number of aryl methyl sites for hydroxylation is 1. The number of methoxy groups -OCH3 is 1. The number of nitrogens with zero attached hydrogens (tertiary/aromatic N) is 4. The number of ether oxygens (including phenoxy) is 1. The molecule has 2 aromatic carbocycles. The number of carbonyl (C=O) groups is 1. The van der Waals surface area contributed by atoms with Crippen LogP contribution in [0, 0.1) is 12.8 Å². The molecule has 5 rings (SSSR count). The summed E-state index contributed by atoms with van der Waals surface area (Å²) in [5.41, 5.74) is 3.51. The maximum atomic E-state index is 13.0. The number of fused-ring (bicyclic) bond motifs is 1. The Kier molecular flexibility index (Phi) is 4.98. The quantitative estimate of drug-likeness (QED) is 0.645. The summed E-state index contributed by atoms with van der Waals surface area (Å²) in [6.45, 7) is 7.01. The molecular weight excluding hydrogens is 396 g/mol.